The molecular weight excluding hydrogens is 194 g/mol. The Hall–Kier alpha value is 0.611. The van der Waals surface area contributed by atoms with E-state index in [4.69, 9.17) is 0 Å². The second-order valence-electron chi connectivity index (χ2n) is 4.11. The first kappa shape index (κ1) is 12.6. The van der Waals surface area contributed by atoms with Gasteiger partial charge in [-0.25, -0.2) is 0 Å². The third-order valence-electron chi connectivity index (χ3n) is 2.56. The number of hydrogen-bond donors (Lipinski definition) is 0. The Kier molecular flexibility index (Phi) is 6.44. The molecule has 0 atom stereocenters. The van der Waals surface area contributed by atoms with E-state index in [-0.39, 0.29) is 0 Å². The summed E-state index contributed by atoms with van der Waals surface area (Å²) in [5, 5.41) is 0. The maximum absolute atomic E-state index is 3.03. The van der Waals surface area contributed by atoms with Crippen LogP contribution in [0.25, 0.3) is 0 Å². The molecule has 0 N–H and O–H groups in total. The van der Waals surface area contributed by atoms with E-state index in [0.717, 1.165) is 0 Å². The Labute approximate surface area is 83.2 Å². The van der Waals surface area contributed by atoms with E-state index < -0.39 is 26.9 Å². The molecule has 0 aliphatic heterocycles. The lowest BCUT2D eigenvalue weighted by molar-refractivity contribution is 0.956. The molecule has 4 heteroatoms. The quantitative estimate of drug-likeness (QED) is 0.640. The Morgan fingerprint density at radius 1 is 0.833 bits per heavy atom. The molecule has 0 aromatic rings. The van der Waals surface area contributed by atoms with Crippen LogP contribution < -0.4 is 0 Å². The Morgan fingerprint density at radius 2 is 1.17 bits per heavy atom. The number of hydrogen-bond acceptors (Lipinski definition) is 1. The monoisotopic (exact) mass is 219 g/mol. The van der Waals surface area contributed by atoms with Gasteiger partial charge in [0.05, 0.1) is 26.9 Å². The van der Waals surface area contributed by atoms with Gasteiger partial charge in [0.1, 0.15) is 0 Å². The van der Waals surface area contributed by atoms with Crippen molar-refractivity contribution in [3.05, 3.63) is 0 Å². The molecule has 0 radical (unpaired) electrons. The largest absolute Gasteiger partial charge is 0.376 e. The van der Waals surface area contributed by atoms with Crippen molar-refractivity contribution >= 4 is 26.9 Å². The minimum Gasteiger partial charge on any atom is -0.376 e. The number of nitrogens with zero attached hydrogens (tertiary/aromatic N) is 1. The van der Waals surface area contributed by atoms with E-state index in [1.807, 2.05) is 0 Å². The average Bonchev–Trinajstić information content (AvgIpc) is 1.98. The molecule has 0 heterocycles. The summed E-state index contributed by atoms with van der Waals surface area (Å²) in [5.74, 6) is 0. The molecule has 0 fully saturated rings. The van der Waals surface area contributed by atoms with Crippen molar-refractivity contribution in [2.75, 3.05) is 0 Å². The first-order chi connectivity index (χ1) is 5.54. The molecule has 0 aromatic heterocycles. The molecule has 0 saturated carbocycles. The molecule has 0 aliphatic rings. The lowest BCUT2D eigenvalue weighted by Gasteiger charge is -2.36. The highest BCUT2D eigenvalue weighted by Crippen LogP contribution is 2.10. The minimum atomic E-state index is -0.480. The smallest absolute Gasteiger partial charge is 0.0970 e. The lowest BCUT2D eigenvalue weighted by atomic mass is 10.9. The predicted octanol–water partition coefficient (Wildman–Crippen LogP) is 2.02. The maximum atomic E-state index is 3.03. The van der Waals surface area contributed by atoms with E-state index >= 15 is 0 Å². The van der Waals surface area contributed by atoms with Crippen molar-refractivity contribution in [1.82, 2.24) is 3.90 Å². The summed E-state index contributed by atoms with van der Waals surface area (Å²) in [6, 6.07) is 2.96. The fourth-order valence-corrected chi connectivity index (χ4v) is 17.6. The van der Waals surface area contributed by atoms with Crippen molar-refractivity contribution in [3.8, 4) is 0 Å². The molecule has 0 spiro atoms. The van der Waals surface area contributed by atoms with Crippen LogP contribution in [0.3, 0.4) is 0 Å². The summed E-state index contributed by atoms with van der Waals surface area (Å²) >= 11 is 0. The van der Waals surface area contributed by atoms with Gasteiger partial charge in [0.15, 0.2) is 0 Å². The summed E-state index contributed by atoms with van der Waals surface area (Å²) in [5.41, 5.74) is 0. The van der Waals surface area contributed by atoms with E-state index in [2.05, 4.69) is 43.9 Å². The fourth-order valence-electron chi connectivity index (χ4n) is 2.15. The zero-order valence-corrected chi connectivity index (χ0v) is 13.1. The van der Waals surface area contributed by atoms with Crippen molar-refractivity contribution < 1.29 is 0 Å². The molecule has 0 rings (SSSR count). The topological polar surface area (TPSA) is 3.24 Å². The second-order valence-corrected chi connectivity index (χ2v) is 15.0. The van der Waals surface area contributed by atoms with Gasteiger partial charge in [-0.2, -0.15) is 0 Å². The minimum absolute atomic E-state index is 0.466. The van der Waals surface area contributed by atoms with Crippen LogP contribution in [-0.4, -0.2) is 30.8 Å². The molecule has 0 saturated heterocycles. The van der Waals surface area contributed by atoms with Crippen molar-refractivity contribution in [2.45, 2.75) is 52.1 Å². The molecular formula is C8H25NSi3. The van der Waals surface area contributed by atoms with Crippen LogP contribution in [0.15, 0.2) is 0 Å². The van der Waals surface area contributed by atoms with Crippen LogP contribution in [0, 0.1) is 0 Å². The highest BCUT2D eigenvalue weighted by atomic mass is 28.4. The van der Waals surface area contributed by atoms with Crippen LogP contribution in [0.4, 0.5) is 0 Å². The van der Waals surface area contributed by atoms with Gasteiger partial charge < -0.3 is 3.90 Å². The van der Waals surface area contributed by atoms with Gasteiger partial charge in [-0.15, -0.1) is 0 Å². The van der Waals surface area contributed by atoms with E-state index in [1.54, 1.807) is 0 Å². The van der Waals surface area contributed by atoms with Crippen LogP contribution in [-0.2, 0) is 0 Å². The summed E-state index contributed by atoms with van der Waals surface area (Å²) < 4.78 is 3.03. The van der Waals surface area contributed by atoms with Gasteiger partial charge in [-0.1, -0.05) is 52.1 Å². The summed E-state index contributed by atoms with van der Waals surface area (Å²) in [7, 11) is -1.43. The van der Waals surface area contributed by atoms with E-state index in [9.17, 15) is 0 Å². The molecule has 0 amide bonds. The van der Waals surface area contributed by atoms with Gasteiger partial charge in [-0.05, 0) is 0 Å². The van der Waals surface area contributed by atoms with Crippen molar-refractivity contribution in [1.29, 1.82) is 0 Å². The van der Waals surface area contributed by atoms with E-state index in [1.165, 1.54) is 12.1 Å². The second kappa shape index (κ2) is 6.12. The Morgan fingerprint density at radius 3 is 1.25 bits per heavy atom. The zero-order chi connectivity index (χ0) is 9.72. The zero-order valence-electron chi connectivity index (χ0n) is 9.59. The van der Waals surface area contributed by atoms with Gasteiger partial charge in [0.25, 0.3) is 0 Å². The van der Waals surface area contributed by atoms with Crippen LogP contribution in [0.5, 0.6) is 0 Å². The SMILES string of the molecule is CC[SiH](CC)N([SiH](C)C)[SiH](C)C. The van der Waals surface area contributed by atoms with Gasteiger partial charge in [0.2, 0.25) is 0 Å². The van der Waals surface area contributed by atoms with Gasteiger partial charge >= 0.3 is 0 Å². The third kappa shape index (κ3) is 3.55. The molecule has 0 aromatic carbocycles. The average molecular weight is 220 g/mol. The molecule has 74 valence electrons. The Balaban J connectivity index is 4.26. The molecule has 0 unspecified atom stereocenters. The highest BCUT2D eigenvalue weighted by molar-refractivity contribution is 6.85. The van der Waals surface area contributed by atoms with Gasteiger partial charge in [-0.3, -0.25) is 0 Å². The van der Waals surface area contributed by atoms with Crippen LogP contribution >= 0.6 is 0 Å². The van der Waals surface area contributed by atoms with Crippen molar-refractivity contribution in [2.24, 2.45) is 0 Å². The maximum Gasteiger partial charge on any atom is 0.0970 e. The lowest BCUT2D eigenvalue weighted by Crippen LogP contribution is -2.52. The molecule has 12 heavy (non-hydrogen) atoms. The summed E-state index contributed by atoms with van der Waals surface area (Å²) in [4.78, 5) is 0. The molecule has 1 nitrogen and oxygen atoms in total. The van der Waals surface area contributed by atoms with Gasteiger partial charge in [0, 0.05) is 0 Å². The third-order valence-corrected chi connectivity index (χ3v) is 17.4. The molecule has 0 bridgehead atoms. The van der Waals surface area contributed by atoms with Crippen molar-refractivity contribution in [3.63, 3.8) is 0 Å². The van der Waals surface area contributed by atoms with Crippen LogP contribution in [0.2, 0.25) is 38.3 Å². The Bertz CT molecular complexity index is 105. The number of rotatable bonds is 5. The van der Waals surface area contributed by atoms with E-state index in [0.29, 0.717) is 0 Å². The predicted molar refractivity (Wildman–Crippen MR) is 67.7 cm³/mol. The standard InChI is InChI=1S/C8H25NSi3/c1-7-12(8-2)9(10(3)4)11(5)6/h10-12H,7-8H2,1-6H3. The summed E-state index contributed by atoms with van der Waals surface area (Å²) in [6.45, 7) is 14.8. The highest BCUT2D eigenvalue weighted by Gasteiger charge is 2.22. The summed E-state index contributed by atoms with van der Waals surface area (Å²) in [6.07, 6.45) is 0. The normalized spacial score (nSPS) is 12.5. The first-order valence-corrected chi connectivity index (χ1v) is 13.1. The molecule has 0 aliphatic carbocycles. The fraction of sp³-hybridized carbons (Fsp3) is 1.00. The first-order valence-electron chi connectivity index (χ1n) is 5.31. The van der Waals surface area contributed by atoms with Crippen LogP contribution in [0.1, 0.15) is 13.8 Å².